The molecule has 0 aromatic carbocycles. The zero-order chi connectivity index (χ0) is 12.6. The zero-order valence-corrected chi connectivity index (χ0v) is 8.40. The molecule has 0 aliphatic rings. The number of aliphatic carboxylic acids is 2. The Balaban J connectivity index is 4.13. The van der Waals surface area contributed by atoms with Crippen molar-refractivity contribution < 1.29 is 24.6 Å². The van der Waals surface area contributed by atoms with Gasteiger partial charge in [0, 0.05) is 6.42 Å². The van der Waals surface area contributed by atoms with Gasteiger partial charge in [0.1, 0.15) is 6.04 Å². The highest BCUT2D eigenvalue weighted by molar-refractivity contribution is 5.83. The summed E-state index contributed by atoms with van der Waals surface area (Å²) in [5.74, 6) is -0.284. The molecule has 0 saturated heterocycles. The fourth-order valence-electron chi connectivity index (χ4n) is 0.866. The Morgan fingerprint density at radius 2 is 1.94 bits per heavy atom. The van der Waals surface area contributed by atoms with Crippen LogP contribution < -0.4 is 10.6 Å². The Labute approximate surface area is 91.8 Å². The number of carbonyl (C=O) groups excluding carboxylic acids is 1. The van der Waals surface area contributed by atoms with Gasteiger partial charge in [-0.15, -0.1) is 6.42 Å². The number of hydrogen-bond acceptors (Lipinski definition) is 3. The smallest absolute Gasteiger partial charge is 0.326 e. The number of terminal acetylenes is 1. The highest BCUT2D eigenvalue weighted by Gasteiger charge is 2.20. The van der Waals surface area contributed by atoms with Gasteiger partial charge >= 0.3 is 18.0 Å². The van der Waals surface area contributed by atoms with E-state index in [0.717, 1.165) is 0 Å². The van der Waals surface area contributed by atoms with Crippen molar-refractivity contribution in [1.29, 1.82) is 0 Å². The Morgan fingerprint density at radius 3 is 2.38 bits per heavy atom. The molecule has 0 spiro atoms. The first-order chi connectivity index (χ1) is 7.47. The molecular formula is C9H12N2O5. The Morgan fingerprint density at radius 1 is 1.31 bits per heavy atom. The van der Waals surface area contributed by atoms with Gasteiger partial charge in [0.2, 0.25) is 0 Å². The minimum atomic E-state index is -1.29. The van der Waals surface area contributed by atoms with E-state index in [0.29, 0.717) is 0 Å². The normalized spacial score (nSPS) is 10.9. The van der Waals surface area contributed by atoms with E-state index in [-0.39, 0.29) is 19.4 Å². The summed E-state index contributed by atoms with van der Waals surface area (Å²) >= 11 is 0. The molecule has 0 radical (unpaired) electrons. The van der Waals surface area contributed by atoms with Gasteiger partial charge in [-0.25, -0.2) is 9.59 Å². The Kier molecular flexibility index (Phi) is 6.12. The summed E-state index contributed by atoms with van der Waals surface area (Å²) in [6.45, 7) is -0.0307. The van der Waals surface area contributed by atoms with Gasteiger partial charge in [-0.3, -0.25) is 4.79 Å². The number of carboxylic acids is 2. The van der Waals surface area contributed by atoms with E-state index in [1.165, 1.54) is 0 Å². The van der Waals surface area contributed by atoms with Crippen LogP contribution in [0.25, 0.3) is 0 Å². The van der Waals surface area contributed by atoms with E-state index in [1.54, 1.807) is 0 Å². The standard InChI is InChI=1S/C9H12N2O5/c1-2-5-10-9(16)11-6(8(14)15)3-4-7(12)13/h1,6H,3-5H2,(H,12,13)(H,14,15)(H2,10,11,16). The van der Waals surface area contributed by atoms with E-state index in [2.05, 4.69) is 16.6 Å². The number of carbonyl (C=O) groups is 3. The Bertz CT molecular complexity index is 320. The monoisotopic (exact) mass is 228 g/mol. The Hall–Kier alpha value is -2.23. The van der Waals surface area contributed by atoms with Crippen LogP contribution in [0.15, 0.2) is 0 Å². The van der Waals surface area contributed by atoms with Crippen LogP contribution in [0.3, 0.4) is 0 Å². The van der Waals surface area contributed by atoms with Gasteiger partial charge in [-0.1, -0.05) is 5.92 Å². The predicted octanol–water partition coefficient (Wildman–Crippen LogP) is -0.763. The molecule has 88 valence electrons. The summed E-state index contributed by atoms with van der Waals surface area (Å²) in [5, 5.41) is 21.4. The lowest BCUT2D eigenvalue weighted by atomic mass is 10.1. The first kappa shape index (κ1) is 13.8. The maximum Gasteiger partial charge on any atom is 0.326 e. The van der Waals surface area contributed by atoms with Crippen LogP contribution in [-0.4, -0.2) is 40.8 Å². The molecule has 0 fully saturated rings. The van der Waals surface area contributed by atoms with Gasteiger partial charge < -0.3 is 20.8 Å². The number of nitrogens with one attached hydrogen (secondary N) is 2. The fraction of sp³-hybridized carbons (Fsp3) is 0.444. The maximum absolute atomic E-state index is 11.0. The lowest BCUT2D eigenvalue weighted by molar-refractivity contribution is -0.140. The highest BCUT2D eigenvalue weighted by Crippen LogP contribution is 1.97. The van der Waals surface area contributed by atoms with Crippen molar-refractivity contribution in [3.05, 3.63) is 0 Å². The van der Waals surface area contributed by atoms with Gasteiger partial charge in [0.15, 0.2) is 0 Å². The number of urea groups is 1. The van der Waals surface area contributed by atoms with E-state index >= 15 is 0 Å². The van der Waals surface area contributed by atoms with E-state index in [1.807, 2.05) is 0 Å². The van der Waals surface area contributed by atoms with E-state index in [4.69, 9.17) is 16.6 Å². The summed E-state index contributed by atoms with van der Waals surface area (Å²) < 4.78 is 0. The summed E-state index contributed by atoms with van der Waals surface area (Å²) in [6, 6.07) is -1.98. The molecule has 0 aromatic rings. The van der Waals surface area contributed by atoms with Gasteiger partial charge in [0.05, 0.1) is 6.54 Å². The van der Waals surface area contributed by atoms with Crippen LogP contribution in [0.4, 0.5) is 4.79 Å². The average molecular weight is 228 g/mol. The topological polar surface area (TPSA) is 116 Å². The van der Waals surface area contributed by atoms with Crippen molar-refractivity contribution in [2.45, 2.75) is 18.9 Å². The maximum atomic E-state index is 11.0. The molecule has 0 saturated carbocycles. The third kappa shape index (κ3) is 6.26. The van der Waals surface area contributed by atoms with Crippen molar-refractivity contribution in [2.24, 2.45) is 0 Å². The van der Waals surface area contributed by atoms with Crippen molar-refractivity contribution in [1.82, 2.24) is 10.6 Å². The number of carboxylic acid groups (broad SMARTS) is 2. The lowest BCUT2D eigenvalue weighted by Gasteiger charge is -2.13. The van der Waals surface area contributed by atoms with Crippen LogP contribution >= 0.6 is 0 Å². The summed E-state index contributed by atoms with van der Waals surface area (Å²) in [7, 11) is 0. The number of hydrogen-bond donors (Lipinski definition) is 4. The first-order valence-electron chi connectivity index (χ1n) is 4.39. The van der Waals surface area contributed by atoms with Crippen LogP contribution in [0, 0.1) is 12.3 Å². The molecule has 4 N–H and O–H groups in total. The molecule has 7 nitrogen and oxygen atoms in total. The van der Waals surface area contributed by atoms with Crippen molar-refractivity contribution in [3.8, 4) is 12.3 Å². The molecular weight excluding hydrogens is 216 g/mol. The third-order valence-corrected chi connectivity index (χ3v) is 1.60. The summed E-state index contributed by atoms with van der Waals surface area (Å²) in [6.07, 6.45) is 4.35. The van der Waals surface area contributed by atoms with Crippen LogP contribution in [0.1, 0.15) is 12.8 Å². The zero-order valence-electron chi connectivity index (χ0n) is 8.40. The van der Waals surface area contributed by atoms with E-state index in [9.17, 15) is 14.4 Å². The average Bonchev–Trinajstić information content (AvgIpc) is 2.20. The molecule has 1 atom stereocenters. The molecule has 1 unspecified atom stereocenters. The van der Waals surface area contributed by atoms with Crippen LogP contribution in [0.2, 0.25) is 0 Å². The second-order valence-electron chi connectivity index (χ2n) is 2.85. The minimum absolute atomic E-state index is 0.0307. The third-order valence-electron chi connectivity index (χ3n) is 1.60. The minimum Gasteiger partial charge on any atom is -0.481 e. The molecule has 0 aromatic heterocycles. The van der Waals surface area contributed by atoms with Crippen molar-refractivity contribution >= 4 is 18.0 Å². The molecule has 0 heterocycles. The van der Waals surface area contributed by atoms with Crippen LogP contribution in [-0.2, 0) is 9.59 Å². The quantitative estimate of drug-likeness (QED) is 0.446. The van der Waals surface area contributed by atoms with Gasteiger partial charge in [-0.2, -0.15) is 0 Å². The fourth-order valence-corrected chi connectivity index (χ4v) is 0.866. The largest absolute Gasteiger partial charge is 0.481 e. The SMILES string of the molecule is C#CCNC(=O)NC(CCC(=O)O)C(=O)O. The van der Waals surface area contributed by atoms with Crippen LogP contribution in [0.5, 0.6) is 0 Å². The molecule has 7 heteroatoms. The first-order valence-corrected chi connectivity index (χ1v) is 4.39. The molecule has 0 bridgehead atoms. The summed E-state index contributed by atoms with van der Waals surface area (Å²) in [4.78, 5) is 31.9. The van der Waals surface area contributed by atoms with Gasteiger partial charge in [-0.05, 0) is 6.42 Å². The van der Waals surface area contributed by atoms with Gasteiger partial charge in [0.25, 0.3) is 0 Å². The number of amides is 2. The molecule has 0 rings (SSSR count). The highest BCUT2D eigenvalue weighted by atomic mass is 16.4. The van der Waals surface area contributed by atoms with Crippen molar-refractivity contribution in [3.63, 3.8) is 0 Å². The predicted molar refractivity (Wildman–Crippen MR) is 53.7 cm³/mol. The van der Waals surface area contributed by atoms with Crippen molar-refractivity contribution in [2.75, 3.05) is 6.54 Å². The molecule has 0 aliphatic heterocycles. The summed E-state index contributed by atoms with van der Waals surface area (Å²) in [5.41, 5.74) is 0. The second kappa shape index (κ2) is 7.11. The molecule has 16 heavy (non-hydrogen) atoms. The second-order valence-corrected chi connectivity index (χ2v) is 2.85. The van der Waals surface area contributed by atoms with E-state index < -0.39 is 24.0 Å². The lowest BCUT2D eigenvalue weighted by Crippen LogP contribution is -2.46. The molecule has 0 aliphatic carbocycles. The molecule has 2 amide bonds. The number of rotatable bonds is 6.